The Labute approximate surface area is 77.1 Å². The average Bonchev–Trinajstić information content (AvgIpc) is 2.22. The number of quaternary nitrogens is 1. The van der Waals surface area contributed by atoms with E-state index in [1.54, 1.807) is 7.05 Å². The number of hydrogen-bond acceptors (Lipinski definition) is 1. The Morgan fingerprint density at radius 1 is 0.750 bits per heavy atom. The predicted molar refractivity (Wildman–Crippen MR) is 54.0 cm³/mol. The maximum atomic E-state index is 3.25. The van der Waals surface area contributed by atoms with E-state index in [4.69, 9.17) is 0 Å². The Bertz CT molecular complexity index is 73.9. The summed E-state index contributed by atoms with van der Waals surface area (Å²) in [6.07, 6.45) is 8.66. The second kappa shape index (κ2) is 9.01. The molecule has 0 radical (unpaired) electrons. The zero-order chi connectivity index (χ0) is 9.23. The molecule has 0 unspecified atom stereocenters. The quantitative estimate of drug-likeness (QED) is 0.585. The lowest BCUT2D eigenvalue weighted by Gasteiger charge is -2.13. The van der Waals surface area contributed by atoms with Gasteiger partial charge in [0.1, 0.15) is 0 Å². The highest BCUT2D eigenvalue weighted by atomic mass is 15.1. The third-order valence-electron chi connectivity index (χ3n) is 2.33. The summed E-state index contributed by atoms with van der Waals surface area (Å²) in [5, 5.41) is 0. The zero-order valence-electron chi connectivity index (χ0n) is 8.81. The molecule has 2 heteroatoms. The van der Waals surface area contributed by atoms with Crippen molar-refractivity contribution in [3.63, 3.8) is 0 Å². The molecule has 2 nitrogen and oxygen atoms in total. The summed E-state index contributed by atoms with van der Waals surface area (Å²) in [7, 11) is 3.99. The molecule has 0 aromatic heterocycles. The SMILES string of the molecule is CN1CCCCCCCC1.C[NH3+]. The molecular formula is C10H25N2+. The van der Waals surface area contributed by atoms with Gasteiger partial charge in [-0.05, 0) is 33.0 Å². The molecule has 74 valence electrons. The number of rotatable bonds is 0. The minimum Gasteiger partial charge on any atom is -0.360 e. The van der Waals surface area contributed by atoms with Gasteiger partial charge in [0, 0.05) is 0 Å². The lowest BCUT2D eigenvalue weighted by molar-refractivity contribution is -0.325. The van der Waals surface area contributed by atoms with Crippen molar-refractivity contribution < 1.29 is 5.73 Å². The summed E-state index contributed by atoms with van der Waals surface area (Å²) in [4.78, 5) is 2.46. The van der Waals surface area contributed by atoms with Crippen LogP contribution in [0.5, 0.6) is 0 Å². The molecule has 1 aliphatic heterocycles. The van der Waals surface area contributed by atoms with Gasteiger partial charge in [-0.15, -0.1) is 0 Å². The molecule has 1 fully saturated rings. The maximum absolute atomic E-state index is 3.25. The van der Waals surface area contributed by atoms with E-state index in [9.17, 15) is 0 Å². The van der Waals surface area contributed by atoms with Gasteiger partial charge in [-0.2, -0.15) is 0 Å². The van der Waals surface area contributed by atoms with E-state index in [0.29, 0.717) is 0 Å². The van der Waals surface area contributed by atoms with Crippen LogP contribution in [0.25, 0.3) is 0 Å². The summed E-state index contributed by atoms with van der Waals surface area (Å²) in [6.45, 7) is 2.64. The smallest absolute Gasteiger partial charge is 0.0634 e. The molecule has 1 aliphatic rings. The van der Waals surface area contributed by atoms with Crippen LogP contribution in [0.1, 0.15) is 38.5 Å². The van der Waals surface area contributed by atoms with Gasteiger partial charge in [-0.1, -0.05) is 25.7 Å². The van der Waals surface area contributed by atoms with E-state index in [0.717, 1.165) is 0 Å². The highest BCUT2D eigenvalue weighted by Gasteiger charge is 2.00. The van der Waals surface area contributed by atoms with Crippen molar-refractivity contribution in [2.24, 2.45) is 0 Å². The fourth-order valence-corrected chi connectivity index (χ4v) is 1.58. The summed E-state index contributed by atoms with van der Waals surface area (Å²) >= 11 is 0. The first-order valence-electron chi connectivity index (χ1n) is 5.29. The van der Waals surface area contributed by atoms with Gasteiger partial charge in [-0.3, -0.25) is 0 Å². The molecule has 0 amide bonds. The third-order valence-corrected chi connectivity index (χ3v) is 2.33. The van der Waals surface area contributed by atoms with Crippen LogP contribution in [0, 0.1) is 0 Å². The molecular weight excluding hydrogens is 148 g/mol. The topological polar surface area (TPSA) is 30.9 Å². The van der Waals surface area contributed by atoms with Crippen LogP contribution in [-0.2, 0) is 0 Å². The van der Waals surface area contributed by atoms with Crippen molar-refractivity contribution in [1.29, 1.82) is 0 Å². The van der Waals surface area contributed by atoms with Crippen molar-refractivity contribution in [2.45, 2.75) is 38.5 Å². The lowest BCUT2D eigenvalue weighted by atomic mass is 10.1. The van der Waals surface area contributed by atoms with E-state index >= 15 is 0 Å². The number of nitrogens with zero attached hydrogens (tertiary/aromatic N) is 1. The Kier molecular flexibility index (Phi) is 8.95. The monoisotopic (exact) mass is 173 g/mol. The average molecular weight is 173 g/mol. The molecule has 1 heterocycles. The highest BCUT2D eigenvalue weighted by Crippen LogP contribution is 2.09. The van der Waals surface area contributed by atoms with Crippen LogP contribution < -0.4 is 5.73 Å². The Morgan fingerprint density at radius 3 is 1.50 bits per heavy atom. The molecule has 0 aliphatic carbocycles. The van der Waals surface area contributed by atoms with Gasteiger partial charge in [-0.25, -0.2) is 0 Å². The van der Waals surface area contributed by atoms with Crippen molar-refractivity contribution in [3.05, 3.63) is 0 Å². The van der Waals surface area contributed by atoms with E-state index < -0.39 is 0 Å². The molecule has 0 aromatic carbocycles. The first kappa shape index (κ1) is 11.9. The minimum atomic E-state index is 1.32. The van der Waals surface area contributed by atoms with Crippen LogP contribution in [0.15, 0.2) is 0 Å². The molecule has 3 N–H and O–H groups in total. The third kappa shape index (κ3) is 6.62. The van der Waals surface area contributed by atoms with Crippen LogP contribution in [-0.4, -0.2) is 32.1 Å². The van der Waals surface area contributed by atoms with Crippen LogP contribution in [0.3, 0.4) is 0 Å². The predicted octanol–water partition coefficient (Wildman–Crippen LogP) is 1.13. The Balaban J connectivity index is 0.000000561. The summed E-state index contributed by atoms with van der Waals surface area (Å²) < 4.78 is 0. The first-order chi connectivity index (χ1) is 5.89. The van der Waals surface area contributed by atoms with Crippen LogP contribution >= 0.6 is 0 Å². The minimum absolute atomic E-state index is 1.32. The fourth-order valence-electron chi connectivity index (χ4n) is 1.58. The Morgan fingerprint density at radius 2 is 1.08 bits per heavy atom. The van der Waals surface area contributed by atoms with Gasteiger partial charge in [0.15, 0.2) is 0 Å². The second-order valence-electron chi connectivity index (χ2n) is 3.42. The summed E-state index contributed by atoms with van der Waals surface area (Å²) in [5.41, 5.74) is 3.25. The van der Waals surface area contributed by atoms with E-state index in [-0.39, 0.29) is 0 Å². The van der Waals surface area contributed by atoms with Gasteiger partial charge >= 0.3 is 0 Å². The summed E-state index contributed by atoms with van der Waals surface area (Å²) in [6, 6.07) is 0. The normalized spacial score (nSPS) is 21.2. The van der Waals surface area contributed by atoms with E-state index in [1.807, 2.05) is 0 Å². The largest absolute Gasteiger partial charge is 0.360 e. The van der Waals surface area contributed by atoms with Crippen LogP contribution in [0.4, 0.5) is 0 Å². The molecule has 12 heavy (non-hydrogen) atoms. The van der Waals surface area contributed by atoms with Crippen molar-refractivity contribution >= 4 is 0 Å². The van der Waals surface area contributed by atoms with Gasteiger partial charge in [0.25, 0.3) is 0 Å². The van der Waals surface area contributed by atoms with E-state index in [1.165, 1.54) is 51.6 Å². The lowest BCUT2D eigenvalue weighted by Crippen LogP contribution is -2.40. The standard InChI is InChI=1S/C9H19N.CH5N/c1-10-8-6-4-2-3-5-7-9-10;1-2/h2-9H2,1H3;2H2,1H3/p+1. The van der Waals surface area contributed by atoms with Crippen molar-refractivity contribution in [1.82, 2.24) is 4.90 Å². The maximum Gasteiger partial charge on any atom is 0.0634 e. The fraction of sp³-hybridized carbons (Fsp3) is 1.00. The number of hydrogen-bond donors (Lipinski definition) is 1. The van der Waals surface area contributed by atoms with Crippen LogP contribution in [0.2, 0.25) is 0 Å². The summed E-state index contributed by atoms with van der Waals surface area (Å²) in [5.74, 6) is 0. The van der Waals surface area contributed by atoms with Gasteiger partial charge in [0.05, 0.1) is 7.05 Å². The molecule has 1 saturated heterocycles. The zero-order valence-corrected chi connectivity index (χ0v) is 8.81. The van der Waals surface area contributed by atoms with E-state index in [2.05, 4.69) is 17.7 Å². The molecule has 0 atom stereocenters. The Hall–Kier alpha value is -0.0800. The van der Waals surface area contributed by atoms with Crippen molar-refractivity contribution in [2.75, 3.05) is 27.2 Å². The molecule has 0 spiro atoms. The molecule has 0 saturated carbocycles. The highest BCUT2D eigenvalue weighted by molar-refractivity contribution is 4.56. The molecule has 0 bridgehead atoms. The second-order valence-corrected chi connectivity index (χ2v) is 3.42. The van der Waals surface area contributed by atoms with Gasteiger partial charge in [0.2, 0.25) is 0 Å². The van der Waals surface area contributed by atoms with Crippen molar-refractivity contribution in [3.8, 4) is 0 Å². The first-order valence-corrected chi connectivity index (χ1v) is 5.29. The van der Waals surface area contributed by atoms with Gasteiger partial charge < -0.3 is 10.6 Å². The molecule has 1 rings (SSSR count). The molecule has 0 aromatic rings.